The van der Waals surface area contributed by atoms with Crippen LogP contribution in [0.4, 0.5) is 0 Å². The molecular weight excluding hydrogens is 391 g/mol. The summed E-state index contributed by atoms with van der Waals surface area (Å²) in [6, 6.07) is 7.96. The van der Waals surface area contributed by atoms with Crippen LogP contribution in [0.15, 0.2) is 29.4 Å². The van der Waals surface area contributed by atoms with Crippen molar-refractivity contribution in [3.63, 3.8) is 0 Å². The number of nitrogens with one attached hydrogen (secondary N) is 1. The molecule has 0 unspecified atom stereocenters. The van der Waals surface area contributed by atoms with Crippen molar-refractivity contribution in [3.8, 4) is 0 Å². The summed E-state index contributed by atoms with van der Waals surface area (Å²) in [7, 11) is 0. The van der Waals surface area contributed by atoms with Gasteiger partial charge in [-0.15, -0.1) is 23.5 Å². The number of amides is 1. The van der Waals surface area contributed by atoms with Crippen LogP contribution in [0.2, 0.25) is 0 Å². The Morgan fingerprint density at radius 3 is 2.95 bits per heavy atom. The largest absolute Gasteiger partial charge is 0.273 e. The molecule has 0 aliphatic carbocycles. The van der Waals surface area contributed by atoms with Crippen molar-refractivity contribution in [1.82, 2.24) is 5.43 Å². The molecule has 1 saturated heterocycles. The van der Waals surface area contributed by atoms with Gasteiger partial charge in [0.05, 0.1) is 16.7 Å². The lowest BCUT2D eigenvalue weighted by Gasteiger charge is -2.19. The third kappa shape index (κ3) is 5.00. The number of carbonyl (C=O) groups excluding carboxylic acids is 1. The van der Waals surface area contributed by atoms with E-state index < -0.39 is 0 Å². The van der Waals surface area contributed by atoms with E-state index in [-0.39, 0.29) is 9.99 Å². The van der Waals surface area contributed by atoms with Gasteiger partial charge in [0.15, 0.2) is 0 Å². The summed E-state index contributed by atoms with van der Waals surface area (Å²) in [5.74, 6) is 2.23. The van der Waals surface area contributed by atoms with Gasteiger partial charge in [-0.05, 0) is 47.2 Å². The number of nitrogens with zero attached hydrogens (tertiary/aromatic N) is 1. The number of thioether (sulfide) groups is 2. The Morgan fingerprint density at radius 2 is 2.26 bits per heavy atom. The van der Waals surface area contributed by atoms with Crippen molar-refractivity contribution in [2.24, 2.45) is 5.10 Å². The van der Waals surface area contributed by atoms with Gasteiger partial charge in [-0.3, -0.25) is 4.79 Å². The van der Waals surface area contributed by atoms with Gasteiger partial charge in [-0.1, -0.05) is 12.1 Å². The molecule has 1 aromatic carbocycles. The lowest BCUT2D eigenvalue weighted by Crippen LogP contribution is -2.26. The van der Waals surface area contributed by atoms with Crippen LogP contribution in [0.3, 0.4) is 0 Å². The second-order valence-electron chi connectivity index (χ2n) is 4.36. The summed E-state index contributed by atoms with van der Waals surface area (Å²) in [6.45, 7) is 2.12. The SMILES string of the molecule is CC1(CC(=O)N/N=C\c2cccc(I)c2)SCCS1. The summed E-state index contributed by atoms with van der Waals surface area (Å²) in [4.78, 5) is 11.8. The summed E-state index contributed by atoms with van der Waals surface area (Å²) >= 11 is 5.96. The van der Waals surface area contributed by atoms with Crippen LogP contribution in [0.25, 0.3) is 0 Å². The van der Waals surface area contributed by atoms with Gasteiger partial charge < -0.3 is 0 Å². The highest BCUT2D eigenvalue weighted by Crippen LogP contribution is 2.45. The van der Waals surface area contributed by atoms with Gasteiger partial charge in [-0.2, -0.15) is 5.10 Å². The van der Waals surface area contributed by atoms with Crippen molar-refractivity contribution in [2.75, 3.05) is 11.5 Å². The molecule has 0 aromatic heterocycles. The minimum Gasteiger partial charge on any atom is -0.273 e. The Balaban J connectivity index is 1.83. The van der Waals surface area contributed by atoms with Crippen LogP contribution in [0.5, 0.6) is 0 Å². The molecule has 0 spiro atoms. The minimum absolute atomic E-state index is 0.0156. The van der Waals surface area contributed by atoms with Gasteiger partial charge in [-0.25, -0.2) is 5.43 Å². The number of hydrogen-bond acceptors (Lipinski definition) is 4. The van der Waals surface area contributed by atoms with Crippen LogP contribution in [0, 0.1) is 3.57 Å². The highest BCUT2D eigenvalue weighted by Gasteiger charge is 2.32. The van der Waals surface area contributed by atoms with E-state index in [1.54, 1.807) is 6.21 Å². The zero-order valence-electron chi connectivity index (χ0n) is 10.6. The predicted octanol–water partition coefficient (Wildman–Crippen LogP) is 3.33. The molecule has 3 nitrogen and oxygen atoms in total. The van der Waals surface area contributed by atoms with Crippen LogP contribution in [-0.2, 0) is 4.79 Å². The fraction of sp³-hybridized carbons (Fsp3) is 0.385. The van der Waals surface area contributed by atoms with Crippen molar-refractivity contribution in [3.05, 3.63) is 33.4 Å². The van der Waals surface area contributed by atoms with Gasteiger partial charge in [0.1, 0.15) is 0 Å². The van der Waals surface area contributed by atoms with Crippen molar-refractivity contribution < 1.29 is 4.79 Å². The first-order chi connectivity index (χ1) is 9.07. The standard InChI is InChI=1S/C13H15IN2OS2/c1-13(18-5-6-19-13)8-12(17)16-15-9-10-3-2-4-11(14)7-10/h2-4,7,9H,5-6,8H2,1H3,(H,16,17)/b15-9-. The molecule has 6 heteroatoms. The molecule has 1 fully saturated rings. The van der Waals surface area contributed by atoms with E-state index in [9.17, 15) is 4.79 Å². The van der Waals surface area contributed by atoms with E-state index in [2.05, 4.69) is 40.0 Å². The highest BCUT2D eigenvalue weighted by atomic mass is 127. The first-order valence-corrected chi connectivity index (χ1v) is 8.98. The van der Waals surface area contributed by atoms with Crippen molar-refractivity contribution in [2.45, 2.75) is 17.4 Å². The minimum atomic E-state index is -0.0220. The Morgan fingerprint density at radius 1 is 1.53 bits per heavy atom. The number of halogens is 1. The third-order valence-electron chi connectivity index (χ3n) is 2.63. The van der Waals surface area contributed by atoms with E-state index in [4.69, 9.17) is 0 Å². The van der Waals surface area contributed by atoms with Gasteiger partial charge in [0.2, 0.25) is 5.91 Å². The number of hydrogen-bond donors (Lipinski definition) is 1. The number of hydrazone groups is 1. The molecule has 1 aliphatic rings. The topological polar surface area (TPSA) is 41.5 Å². The van der Waals surface area contributed by atoms with Crippen molar-refractivity contribution >= 4 is 58.2 Å². The predicted molar refractivity (Wildman–Crippen MR) is 92.8 cm³/mol. The average Bonchev–Trinajstić information content (AvgIpc) is 2.75. The molecule has 1 amide bonds. The smallest absolute Gasteiger partial charge is 0.242 e. The summed E-state index contributed by atoms with van der Waals surface area (Å²) in [6.07, 6.45) is 2.18. The normalized spacial score (nSPS) is 17.8. The molecular formula is C13H15IN2OS2. The molecule has 0 bridgehead atoms. The van der Waals surface area contributed by atoms with Crippen LogP contribution in [0.1, 0.15) is 18.9 Å². The van der Waals surface area contributed by atoms with E-state index in [0.717, 1.165) is 20.6 Å². The lowest BCUT2D eigenvalue weighted by molar-refractivity contribution is -0.121. The molecule has 1 N–H and O–H groups in total. The number of rotatable bonds is 4. The molecule has 1 aliphatic heterocycles. The zero-order valence-corrected chi connectivity index (χ0v) is 14.3. The number of carbonyl (C=O) groups is 1. The zero-order chi connectivity index (χ0) is 13.7. The lowest BCUT2D eigenvalue weighted by atomic mass is 10.2. The second kappa shape index (κ2) is 6.99. The number of benzene rings is 1. The third-order valence-corrected chi connectivity index (χ3v) is 6.59. The van der Waals surface area contributed by atoms with Crippen molar-refractivity contribution in [1.29, 1.82) is 0 Å². The monoisotopic (exact) mass is 406 g/mol. The highest BCUT2D eigenvalue weighted by molar-refractivity contribution is 14.1. The first kappa shape index (κ1) is 15.2. The fourth-order valence-corrected chi connectivity index (χ4v) is 5.15. The summed E-state index contributed by atoms with van der Waals surface area (Å²) < 4.78 is 1.17. The van der Waals surface area contributed by atoms with E-state index in [0.29, 0.717) is 6.42 Å². The molecule has 1 aromatic rings. The molecule has 1 heterocycles. The molecule has 2 rings (SSSR count). The van der Waals surface area contributed by atoms with Gasteiger partial charge >= 0.3 is 0 Å². The van der Waals surface area contributed by atoms with Gasteiger partial charge in [0, 0.05) is 15.1 Å². The molecule has 0 radical (unpaired) electrons. The summed E-state index contributed by atoms with van der Waals surface area (Å²) in [5, 5.41) is 4.01. The van der Waals surface area contributed by atoms with Gasteiger partial charge in [0.25, 0.3) is 0 Å². The summed E-state index contributed by atoms with van der Waals surface area (Å²) in [5.41, 5.74) is 3.59. The van der Waals surface area contributed by atoms with E-state index >= 15 is 0 Å². The Hall–Kier alpha value is -0.210. The molecule has 19 heavy (non-hydrogen) atoms. The van der Waals surface area contributed by atoms with Crippen LogP contribution in [-0.4, -0.2) is 27.7 Å². The van der Waals surface area contributed by atoms with E-state index in [1.165, 1.54) is 0 Å². The molecule has 102 valence electrons. The van der Waals surface area contributed by atoms with E-state index in [1.807, 2.05) is 47.8 Å². The molecule has 0 saturated carbocycles. The van der Waals surface area contributed by atoms with Crippen LogP contribution < -0.4 is 5.43 Å². The molecule has 0 atom stereocenters. The Kier molecular flexibility index (Phi) is 5.58. The van der Waals surface area contributed by atoms with Crippen LogP contribution >= 0.6 is 46.1 Å². The Labute approximate surface area is 135 Å². The first-order valence-electron chi connectivity index (χ1n) is 5.93. The fourth-order valence-electron chi connectivity index (χ4n) is 1.76. The maximum atomic E-state index is 11.8. The second-order valence-corrected chi connectivity index (χ2v) is 9.06. The quantitative estimate of drug-likeness (QED) is 0.474. The maximum Gasteiger partial charge on any atom is 0.242 e. The Bertz CT molecular complexity index is 487. The average molecular weight is 406 g/mol. The maximum absolute atomic E-state index is 11.8.